The molecule has 0 amide bonds. The van der Waals surface area contributed by atoms with E-state index in [1.54, 1.807) is 0 Å². The molecule has 0 aliphatic carbocycles. The summed E-state index contributed by atoms with van der Waals surface area (Å²) in [7, 11) is 0. The van der Waals surface area contributed by atoms with Crippen molar-refractivity contribution in [2.24, 2.45) is 0 Å². The molecule has 1 aromatic rings. The molecule has 2 N–H and O–H groups in total. The highest BCUT2D eigenvalue weighted by Crippen LogP contribution is 2.20. The van der Waals surface area contributed by atoms with Crippen LogP contribution in [0.2, 0.25) is 0 Å². The lowest BCUT2D eigenvalue weighted by molar-refractivity contribution is 0.254. The van der Waals surface area contributed by atoms with Gasteiger partial charge in [0.25, 0.3) is 5.56 Å². The molecular formula is C11H17N3O2. The highest BCUT2D eigenvalue weighted by molar-refractivity contribution is 5.38. The molecule has 0 bridgehead atoms. The first-order valence-electron chi connectivity index (χ1n) is 5.73. The molecule has 0 aromatic carbocycles. The summed E-state index contributed by atoms with van der Waals surface area (Å²) in [6, 6.07) is 1.59. The Morgan fingerprint density at radius 1 is 1.50 bits per heavy atom. The van der Waals surface area contributed by atoms with Crippen LogP contribution in [0.5, 0.6) is 0 Å². The zero-order valence-corrected chi connectivity index (χ0v) is 9.22. The first-order chi connectivity index (χ1) is 7.81. The summed E-state index contributed by atoms with van der Waals surface area (Å²) >= 11 is 0. The number of anilines is 1. The summed E-state index contributed by atoms with van der Waals surface area (Å²) in [5.41, 5.74) is -0.147. The van der Waals surface area contributed by atoms with Crippen molar-refractivity contribution in [3.63, 3.8) is 0 Å². The summed E-state index contributed by atoms with van der Waals surface area (Å²) in [6.45, 7) is 0.982. The van der Waals surface area contributed by atoms with E-state index in [1.807, 2.05) is 4.90 Å². The van der Waals surface area contributed by atoms with Gasteiger partial charge in [-0.15, -0.1) is 0 Å². The molecule has 2 rings (SSSR count). The number of aromatic amines is 1. The van der Waals surface area contributed by atoms with E-state index in [0.29, 0.717) is 5.82 Å². The van der Waals surface area contributed by atoms with Crippen LogP contribution in [-0.4, -0.2) is 34.3 Å². The number of nitrogens with one attached hydrogen (secondary N) is 1. The largest absolute Gasteiger partial charge is 0.394 e. The van der Waals surface area contributed by atoms with Gasteiger partial charge in [-0.05, 0) is 12.8 Å². The fourth-order valence-corrected chi connectivity index (χ4v) is 2.18. The summed E-state index contributed by atoms with van der Waals surface area (Å²) in [5, 5.41) is 9.36. The number of nitrogens with zero attached hydrogens (tertiary/aromatic N) is 2. The zero-order valence-electron chi connectivity index (χ0n) is 9.22. The summed E-state index contributed by atoms with van der Waals surface area (Å²) in [4.78, 5) is 19.9. The zero-order chi connectivity index (χ0) is 11.4. The van der Waals surface area contributed by atoms with Crippen molar-refractivity contribution in [2.45, 2.75) is 31.7 Å². The Labute approximate surface area is 94.1 Å². The number of hydrogen-bond donors (Lipinski definition) is 2. The third-order valence-corrected chi connectivity index (χ3v) is 3.05. The third kappa shape index (κ3) is 2.41. The molecule has 88 valence electrons. The Hall–Kier alpha value is -1.36. The topological polar surface area (TPSA) is 69.2 Å². The van der Waals surface area contributed by atoms with Crippen molar-refractivity contribution in [1.82, 2.24) is 9.97 Å². The second kappa shape index (κ2) is 5.12. The average Bonchev–Trinajstić information content (AvgIpc) is 2.53. The maximum absolute atomic E-state index is 11.2. The van der Waals surface area contributed by atoms with Crippen LogP contribution >= 0.6 is 0 Å². The molecule has 5 heteroatoms. The number of rotatable bonds is 2. The highest BCUT2D eigenvalue weighted by Gasteiger charge is 2.21. The maximum Gasteiger partial charge on any atom is 0.252 e. The summed E-state index contributed by atoms with van der Waals surface area (Å²) in [6.07, 6.45) is 5.77. The first-order valence-corrected chi connectivity index (χ1v) is 5.73. The average molecular weight is 223 g/mol. The molecule has 1 fully saturated rings. The van der Waals surface area contributed by atoms with Crippen molar-refractivity contribution < 1.29 is 5.11 Å². The van der Waals surface area contributed by atoms with Gasteiger partial charge in [-0.25, -0.2) is 4.98 Å². The maximum atomic E-state index is 11.2. The Morgan fingerprint density at radius 3 is 3.12 bits per heavy atom. The summed E-state index contributed by atoms with van der Waals surface area (Å²) < 4.78 is 0. The van der Waals surface area contributed by atoms with E-state index < -0.39 is 0 Å². The first kappa shape index (κ1) is 11.1. The standard InChI is InChI=1S/C11H17N3O2/c15-7-9-4-2-1-3-5-14(9)10-6-11(16)13-8-12-10/h6,8-9,15H,1-5,7H2,(H,12,13,16). The van der Waals surface area contributed by atoms with E-state index in [9.17, 15) is 9.90 Å². The normalized spacial score (nSPS) is 21.8. The van der Waals surface area contributed by atoms with Gasteiger partial charge in [0, 0.05) is 12.6 Å². The fraction of sp³-hybridized carbons (Fsp3) is 0.636. The molecule has 1 saturated heterocycles. The van der Waals surface area contributed by atoms with Gasteiger partial charge in [-0.2, -0.15) is 0 Å². The van der Waals surface area contributed by atoms with Crippen molar-refractivity contribution in [3.05, 3.63) is 22.7 Å². The molecule has 0 saturated carbocycles. The Morgan fingerprint density at radius 2 is 2.38 bits per heavy atom. The van der Waals surface area contributed by atoms with Crippen molar-refractivity contribution in [1.29, 1.82) is 0 Å². The fourth-order valence-electron chi connectivity index (χ4n) is 2.18. The number of aromatic nitrogens is 2. The van der Waals surface area contributed by atoms with E-state index in [0.717, 1.165) is 25.8 Å². The molecule has 1 aliphatic rings. The Bertz CT molecular complexity index is 391. The monoisotopic (exact) mass is 223 g/mol. The van der Waals surface area contributed by atoms with Gasteiger partial charge in [0.2, 0.25) is 0 Å². The predicted molar refractivity (Wildman–Crippen MR) is 61.5 cm³/mol. The minimum atomic E-state index is -0.147. The van der Waals surface area contributed by atoms with E-state index in [4.69, 9.17) is 0 Å². The molecule has 0 radical (unpaired) electrons. The van der Waals surface area contributed by atoms with Gasteiger partial charge in [-0.1, -0.05) is 12.8 Å². The van der Waals surface area contributed by atoms with Crippen molar-refractivity contribution >= 4 is 5.82 Å². The predicted octanol–water partition coefficient (Wildman–Crippen LogP) is 0.511. The van der Waals surface area contributed by atoms with E-state index in [1.165, 1.54) is 18.8 Å². The molecule has 0 spiro atoms. The van der Waals surface area contributed by atoms with E-state index in [-0.39, 0.29) is 18.2 Å². The van der Waals surface area contributed by atoms with Crippen LogP contribution in [0.1, 0.15) is 25.7 Å². The number of aliphatic hydroxyl groups excluding tert-OH is 1. The number of aliphatic hydroxyl groups is 1. The molecule has 5 nitrogen and oxygen atoms in total. The van der Waals surface area contributed by atoms with Gasteiger partial charge in [0.1, 0.15) is 5.82 Å². The lowest BCUT2D eigenvalue weighted by Crippen LogP contribution is -2.38. The molecule has 1 atom stereocenters. The lowest BCUT2D eigenvalue weighted by atomic mass is 10.1. The van der Waals surface area contributed by atoms with Crippen molar-refractivity contribution in [3.8, 4) is 0 Å². The smallest absolute Gasteiger partial charge is 0.252 e. The third-order valence-electron chi connectivity index (χ3n) is 3.05. The summed E-state index contributed by atoms with van der Waals surface area (Å²) in [5.74, 6) is 0.671. The second-order valence-electron chi connectivity index (χ2n) is 4.15. The SMILES string of the molecule is O=c1cc(N2CCCCCC2CO)nc[nH]1. The van der Waals surface area contributed by atoms with Crippen LogP contribution in [0.4, 0.5) is 5.82 Å². The molecule has 1 aromatic heterocycles. The molecule has 1 aliphatic heterocycles. The molecule has 16 heavy (non-hydrogen) atoms. The number of H-pyrrole nitrogens is 1. The highest BCUT2D eigenvalue weighted by atomic mass is 16.3. The van der Waals surface area contributed by atoms with Crippen molar-refractivity contribution in [2.75, 3.05) is 18.1 Å². The van der Waals surface area contributed by atoms with Crippen LogP contribution in [0.15, 0.2) is 17.2 Å². The van der Waals surface area contributed by atoms with Crippen LogP contribution in [0, 0.1) is 0 Å². The molecular weight excluding hydrogens is 206 g/mol. The van der Waals surface area contributed by atoms with Crippen LogP contribution < -0.4 is 10.5 Å². The minimum absolute atomic E-state index is 0.0943. The van der Waals surface area contributed by atoms with Crippen LogP contribution in [0.3, 0.4) is 0 Å². The van der Waals surface area contributed by atoms with Gasteiger partial charge in [-0.3, -0.25) is 4.79 Å². The lowest BCUT2D eigenvalue weighted by Gasteiger charge is -2.29. The van der Waals surface area contributed by atoms with Crippen LogP contribution in [0.25, 0.3) is 0 Å². The van der Waals surface area contributed by atoms with Gasteiger partial charge in [0.05, 0.1) is 19.0 Å². The quantitative estimate of drug-likeness (QED) is 0.766. The van der Waals surface area contributed by atoms with E-state index >= 15 is 0 Å². The van der Waals surface area contributed by atoms with Gasteiger partial charge in [0.15, 0.2) is 0 Å². The molecule has 1 unspecified atom stereocenters. The van der Waals surface area contributed by atoms with Gasteiger partial charge < -0.3 is 15.0 Å². The van der Waals surface area contributed by atoms with Gasteiger partial charge >= 0.3 is 0 Å². The molecule has 2 heterocycles. The Kier molecular flexibility index (Phi) is 3.56. The van der Waals surface area contributed by atoms with E-state index in [2.05, 4.69) is 9.97 Å². The second-order valence-corrected chi connectivity index (χ2v) is 4.15. The number of hydrogen-bond acceptors (Lipinski definition) is 4. The Balaban J connectivity index is 2.25. The minimum Gasteiger partial charge on any atom is -0.394 e. The van der Waals surface area contributed by atoms with Crippen LogP contribution in [-0.2, 0) is 0 Å².